The van der Waals surface area contributed by atoms with Crippen molar-refractivity contribution in [1.82, 2.24) is 20.0 Å². The maximum absolute atomic E-state index is 5.60. The molecule has 0 amide bonds. The number of likely N-dealkylation sites (tertiary alicyclic amines) is 1. The molecule has 0 N–H and O–H groups in total. The molecular formula is C20H23N5O. The van der Waals surface area contributed by atoms with Crippen LogP contribution in [0.4, 0.5) is 5.82 Å². The number of hydrogen-bond donors (Lipinski definition) is 0. The third-order valence-corrected chi connectivity index (χ3v) is 4.78. The van der Waals surface area contributed by atoms with Crippen LogP contribution in [-0.2, 0) is 6.54 Å². The van der Waals surface area contributed by atoms with Crippen molar-refractivity contribution in [2.45, 2.75) is 25.4 Å². The Morgan fingerprint density at radius 2 is 2.00 bits per heavy atom. The van der Waals surface area contributed by atoms with Crippen LogP contribution in [0.15, 0.2) is 53.2 Å². The highest BCUT2D eigenvalue weighted by molar-refractivity contribution is 5.53. The number of rotatable bonds is 5. The zero-order valence-electron chi connectivity index (χ0n) is 15.2. The van der Waals surface area contributed by atoms with E-state index in [9.17, 15) is 0 Å². The molecule has 4 rings (SSSR count). The van der Waals surface area contributed by atoms with E-state index < -0.39 is 0 Å². The van der Waals surface area contributed by atoms with Gasteiger partial charge in [-0.15, -0.1) is 0 Å². The third-order valence-electron chi connectivity index (χ3n) is 4.78. The second kappa shape index (κ2) is 7.25. The molecule has 1 fully saturated rings. The molecule has 6 nitrogen and oxygen atoms in total. The molecule has 0 saturated carbocycles. The van der Waals surface area contributed by atoms with Gasteiger partial charge < -0.3 is 9.42 Å². The molecule has 134 valence electrons. The van der Waals surface area contributed by atoms with Gasteiger partial charge in [-0.1, -0.05) is 41.6 Å². The first-order valence-corrected chi connectivity index (χ1v) is 8.96. The third kappa shape index (κ3) is 3.46. The van der Waals surface area contributed by atoms with Crippen molar-refractivity contribution < 1.29 is 4.52 Å². The van der Waals surface area contributed by atoms with Gasteiger partial charge >= 0.3 is 0 Å². The molecule has 26 heavy (non-hydrogen) atoms. The lowest BCUT2D eigenvalue weighted by molar-refractivity contribution is 0.201. The van der Waals surface area contributed by atoms with Crippen LogP contribution in [0.3, 0.4) is 0 Å². The number of nitrogens with zero attached hydrogens (tertiary/aromatic N) is 5. The number of anilines is 1. The molecule has 1 aromatic carbocycles. The highest BCUT2D eigenvalue weighted by Crippen LogP contribution is 2.33. The minimum atomic E-state index is 0.175. The number of pyridine rings is 1. The van der Waals surface area contributed by atoms with E-state index in [-0.39, 0.29) is 6.04 Å². The van der Waals surface area contributed by atoms with E-state index in [4.69, 9.17) is 4.52 Å². The maximum atomic E-state index is 5.60. The van der Waals surface area contributed by atoms with Gasteiger partial charge in [-0.25, -0.2) is 4.98 Å². The first kappa shape index (κ1) is 16.7. The molecule has 3 aromatic rings. The summed E-state index contributed by atoms with van der Waals surface area (Å²) in [5.74, 6) is 2.33. The quantitative estimate of drug-likeness (QED) is 0.702. The summed E-state index contributed by atoms with van der Waals surface area (Å²) < 4.78 is 5.60. The van der Waals surface area contributed by atoms with Gasteiger partial charge in [-0.2, -0.15) is 4.98 Å². The number of hydrogen-bond acceptors (Lipinski definition) is 6. The lowest BCUT2D eigenvalue weighted by Crippen LogP contribution is -2.23. The van der Waals surface area contributed by atoms with Gasteiger partial charge in [0, 0.05) is 32.4 Å². The normalized spacial score (nSPS) is 17.5. The molecule has 3 heterocycles. The van der Waals surface area contributed by atoms with Crippen LogP contribution in [0.1, 0.15) is 30.3 Å². The van der Waals surface area contributed by atoms with E-state index in [0.29, 0.717) is 11.7 Å². The predicted octanol–water partition coefficient (Wildman–Crippen LogP) is 3.53. The molecule has 0 aliphatic carbocycles. The Balaban J connectivity index is 1.49. The number of aromatic nitrogens is 3. The van der Waals surface area contributed by atoms with E-state index in [0.717, 1.165) is 37.3 Å². The fraction of sp³-hybridized carbons (Fsp3) is 0.350. The molecule has 6 heteroatoms. The van der Waals surface area contributed by atoms with Crippen LogP contribution >= 0.6 is 0 Å². The zero-order valence-corrected chi connectivity index (χ0v) is 15.2. The van der Waals surface area contributed by atoms with Crippen LogP contribution in [0.2, 0.25) is 0 Å². The summed E-state index contributed by atoms with van der Waals surface area (Å²) >= 11 is 0. The highest BCUT2D eigenvalue weighted by atomic mass is 16.5. The van der Waals surface area contributed by atoms with Gasteiger partial charge in [0.15, 0.2) is 0 Å². The van der Waals surface area contributed by atoms with Gasteiger partial charge in [0.05, 0.1) is 6.04 Å². The fourth-order valence-corrected chi connectivity index (χ4v) is 3.38. The van der Waals surface area contributed by atoms with Crippen molar-refractivity contribution >= 4 is 5.82 Å². The highest BCUT2D eigenvalue weighted by Gasteiger charge is 2.30. The molecule has 0 spiro atoms. The lowest BCUT2D eigenvalue weighted by atomic mass is 10.2. The Bertz CT molecular complexity index is 844. The Hall–Kier alpha value is -2.73. The van der Waals surface area contributed by atoms with E-state index >= 15 is 0 Å². The molecule has 1 saturated heterocycles. The molecule has 1 aliphatic rings. The summed E-state index contributed by atoms with van der Waals surface area (Å²) in [5.41, 5.74) is 2.18. The zero-order chi connectivity index (χ0) is 17.9. The van der Waals surface area contributed by atoms with Crippen LogP contribution in [-0.4, -0.2) is 40.7 Å². The second-order valence-corrected chi connectivity index (χ2v) is 6.87. The predicted molar refractivity (Wildman–Crippen MR) is 101 cm³/mol. The van der Waals surface area contributed by atoms with Crippen molar-refractivity contribution in [3.8, 4) is 11.4 Å². The molecular weight excluding hydrogens is 326 g/mol. The molecule has 1 atom stereocenters. The monoisotopic (exact) mass is 349 g/mol. The molecule has 2 aromatic heterocycles. The maximum Gasteiger partial charge on any atom is 0.244 e. The topological polar surface area (TPSA) is 58.3 Å². The van der Waals surface area contributed by atoms with Crippen molar-refractivity contribution in [3.05, 3.63) is 60.1 Å². The summed E-state index contributed by atoms with van der Waals surface area (Å²) in [7, 11) is 4.00. The Kier molecular flexibility index (Phi) is 4.67. The summed E-state index contributed by atoms with van der Waals surface area (Å²) in [5, 5.41) is 4.17. The molecule has 0 bridgehead atoms. The minimum Gasteiger partial charge on any atom is -0.363 e. The largest absolute Gasteiger partial charge is 0.363 e. The SMILES string of the molecule is CN(C)c1ccc(CN2CCC[C@H]2c2nc(-c3ccccc3)no2)cn1. The van der Waals surface area contributed by atoms with Crippen molar-refractivity contribution in [3.63, 3.8) is 0 Å². The molecule has 0 unspecified atom stereocenters. The average molecular weight is 349 g/mol. The summed E-state index contributed by atoms with van der Waals surface area (Å²) in [4.78, 5) is 13.6. The Labute approximate surface area is 153 Å². The van der Waals surface area contributed by atoms with E-state index in [2.05, 4.69) is 32.2 Å². The standard InChI is InChI=1S/C20H23N5O/c1-24(2)18-11-10-15(13-21-18)14-25-12-6-9-17(25)20-22-19(23-26-20)16-7-4-3-5-8-16/h3-5,7-8,10-11,13,17H,6,9,12,14H2,1-2H3/t17-/m0/s1. The lowest BCUT2D eigenvalue weighted by Gasteiger charge is -2.21. The van der Waals surface area contributed by atoms with E-state index in [1.807, 2.05) is 55.5 Å². The van der Waals surface area contributed by atoms with Crippen molar-refractivity contribution in [2.24, 2.45) is 0 Å². The Morgan fingerprint density at radius 3 is 2.73 bits per heavy atom. The van der Waals surface area contributed by atoms with Crippen LogP contribution < -0.4 is 4.90 Å². The minimum absolute atomic E-state index is 0.175. The van der Waals surface area contributed by atoms with Gasteiger partial charge in [0.2, 0.25) is 11.7 Å². The first-order chi connectivity index (χ1) is 12.7. The van der Waals surface area contributed by atoms with Crippen LogP contribution in [0, 0.1) is 0 Å². The van der Waals surface area contributed by atoms with Crippen molar-refractivity contribution in [2.75, 3.05) is 25.5 Å². The smallest absolute Gasteiger partial charge is 0.244 e. The van der Waals surface area contributed by atoms with Crippen LogP contribution in [0.25, 0.3) is 11.4 Å². The summed E-state index contributed by atoms with van der Waals surface area (Å²) in [6.07, 6.45) is 4.13. The van der Waals surface area contributed by atoms with Crippen LogP contribution in [0.5, 0.6) is 0 Å². The second-order valence-electron chi connectivity index (χ2n) is 6.87. The van der Waals surface area contributed by atoms with Gasteiger partial charge in [-0.05, 0) is 31.0 Å². The van der Waals surface area contributed by atoms with Gasteiger partial charge in [0.1, 0.15) is 5.82 Å². The number of benzene rings is 1. The Morgan fingerprint density at radius 1 is 1.15 bits per heavy atom. The van der Waals surface area contributed by atoms with Crippen molar-refractivity contribution in [1.29, 1.82) is 0 Å². The molecule has 0 radical (unpaired) electrons. The van der Waals surface area contributed by atoms with Gasteiger partial charge in [-0.3, -0.25) is 4.90 Å². The average Bonchev–Trinajstić information content (AvgIpc) is 3.32. The fourth-order valence-electron chi connectivity index (χ4n) is 3.38. The molecule has 1 aliphatic heterocycles. The summed E-state index contributed by atoms with van der Waals surface area (Å²) in [6, 6.07) is 14.3. The van der Waals surface area contributed by atoms with E-state index in [1.54, 1.807) is 0 Å². The van der Waals surface area contributed by atoms with E-state index in [1.165, 1.54) is 5.56 Å². The first-order valence-electron chi connectivity index (χ1n) is 8.96. The van der Waals surface area contributed by atoms with Gasteiger partial charge in [0.25, 0.3) is 0 Å². The summed E-state index contributed by atoms with van der Waals surface area (Å²) in [6.45, 7) is 1.87.